The smallest absolute Gasteiger partial charge is 0.251 e. The lowest BCUT2D eigenvalue weighted by Crippen LogP contribution is -2.26. The summed E-state index contributed by atoms with van der Waals surface area (Å²) >= 11 is 0. The zero-order valence-electron chi connectivity index (χ0n) is 18.2. The molecule has 1 amide bonds. The molecule has 0 saturated carbocycles. The molecule has 0 bridgehead atoms. The second kappa shape index (κ2) is 11.4. The fourth-order valence-corrected chi connectivity index (χ4v) is 4.54. The Bertz CT molecular complexity index is 1230. The number of benzene rings is 4. The van der Waals surface area contributed by atoms with Crippen molar-refractivity contribution in [2.45, 2.75) is 17.9 Å². The molecule has 1 atom stereocenters. The van der Waals surface area contributed by atoms with E-state index in [1.165, 1.54) is 5.56 Å². The third kappa shape index (κ3) is 6.04. The maximum atomic E-state index is 13.0. The summed E-state index contributed by atoms with van der Waals surface area (Å²) < 4.78 is 15.7. The highest BCUT2D eigenvalue weighted by molar-refractivity contribution is 7.83. The van der Waals surface area contributed by atoms with Crippen LogP contribution in [0.2, 0.25) is 0 Å². The van der Waals surface area contributed by atoms with E-state index in [1.54, 1.807) is 0 Å². The second-order valence-corrected chi connectivity index (χ2v) is 8.89. The van der Waals surface area contributed by atoms with Crippen molar-refractivity contribution in [1.82, 2.24) is 10.0 Å². The van der Waals surface area contributed by atoms with E-state index in [9.17, 15) is 9.00 Å². The van der Waals surface area contributed by atoms with E-state index in [4.69, 9.17) is 0 Å². The van der Waals surface area contributed by atoms with Crippen LogP contribution in [0.15, 0.2) is 114 Å². The van der Waals surface area contributed by atoms with Crippen molar-refractivity contribution in [2.75, 3.05) is 6.54 Å². The summed E-state index contributed by atoms with van der Waals surface area (Å²) in [6.45, 7) is 0.984. The molecular weight excluding hydrogens is 428 g/mol. The maximum Gasteiger partial charge on any atom is 0.251 e. The summed E-state index contributed by atoms with van der Waals surface area (Å²) in [6.07, 6.45) is 0.778. The van der Waals surface area contributed by atoms with Crippen molar-refractivity contribution < 1.29 is 9.00 Å². The van der Waals surface area contributed by atoms with Crippen molar-refractivity contribution in [3.8, 4) is 11.1 Å². The topological polar surface area (TPSA) is 58.2 Å². The van der Waals surface area contributed by atoms with Crippen LogP contribution in [0, 0.1) is 0 Å². The number of carbonyl (C=O) groups is 1. The van der Waals surface area contributed by atoms with Crippen molar-refractivity contribution in [3.05, 3.63) is 126 Å². The Morgan fingerprint density at radius 1 is 0.697 bits per heavy atom. The largest absolute Gasteiger partial charge is 0.352 e. The molecule has 4 rings (SSSR count). The van der Waals surface area contributed by atoms with Gasteiger partial charge in [0.25, 0.3) is 5.91 Å². The van der Waals surface area contributed by atoms with Gasteiger partial charge >= 0.3 is 0 Å². The van der Waals surface area contributed by atoms with E-state index in [0.29, 0.717) is 18.7 Å². The van der Waals surface area contributed by atoms with Crippen molar-refractivity contribution in [3.63, 3.8) is 0 Å². The first-order valence-electron chi connectivity index (χ1n) is 10.9. The minimum Gasteiger partial charge on any atom is -0.352 e. The lowest BCUT2D eigenvalue weighted by atomic mass is 9.95. The van der Waals surface area contributed by atoms with Gasteiger partial charge in [0.15, 0.2) is 0 Å². The van der Waals surface area contributed by atoms with Gasteiger partial charge in [-0.2, -0.15) is 0 Å². The molecule has 0 aliphatic rings. The molecule has 0 aromatic heterocycles. The molecule has 0 radical (unpaired) electrons. The van der Waals surface area contributed by atoms with Gasteiger partial charge in [-0.3, -0.25) is 4.79 Å². The number of carbonyl (C=O) groups excluding carboxylic acids is 1. The average molecular weight is 455 g/mol. The fraction of sp³-hybridized carbons (Fsp3) is 0.107. The molecule has 0 aliphatic heterocycles. The van der Waals surface area contributed by atoms with Crippen LogP contribution in [0.25, 0.3) is 11.1 Å². The van der Waals surface area contributed by atoms with E-state index in [0.717, 1.165) is 28.0 Å². The number of amides is 1. The van der Waals surface area contributed by atoms with Crippen molar-refractivity contribution in [2.24, 2.45) is 0 Å². The summed E-state index contributed by atoms with van der Waals surface area (Å²) in [6, 6.07) is 34.9. The quantitative estimate of drug-likeness (QED) is 0.368. The van der Waals surface area contributed by atoms with E-state index in [-0.39, 0.29) is 5.91 Å². The molecular formula is C28H26N2O2S. The molecule has 0 fully saturated rings. The summed E-state index contributed by atoms with van der Waals surface area (Å²) in [5.41, 5.74) is 4.60. The Morgan fingerprint density at radius 2 is 1.30 bits per heavy atom. The number of hydrogen-bond acceptors (Lipinski definition) is 2. The molecule has 166 valence electrons. The standard InChI is InChI=1S/C28H26N2O2S/c31-28(29-20-19-22-11-3-1-4-12-22)27-18-10-9-17-26(27)25-16-8-7-13-23(25)21-30-33(32)24-14-5-2-6-15-24/h1-18,30H,19-21H2,(H,29,31). The lowest BCUT2D eigenvalue weighted by Gasteiger charge is -2.14. The Morgan fingerprint density at radius 3 is 2.06 bits per heavy atom. The van der Waals surface area contributed by atoms with Crippen molar-refractivity contribution >= 4 is 16.9 Å². The molecule has 4 nitrogen and oxygen atoms in total. The fourth-order valence-electron chi connectivity index (χ4n) is 3.68. The molecule has 5 heteroatoms. The molecule has 0 spiro atoms. The van der Waals surface area contributed by atoms with Gasteiger partial charge in [0, 0.05) is 18.7 Å². The average Bonchev–Trinajstić information content (AvgIpc) is 2.88. The Labute approximate surface area is 197 Å². The third-order valence-corrected chi connectivity index (χ3v) is 6.48. The van der Waals surface area contributed by atoms with Gasteiger partial charge in [-0.25, -0.2) is 8.93 Å². The zero-order chi connectivity index (χ0) is 22.9. The molecule has 4 aromatic carbocycles. The van der Waals surface area contributed by atoms with Crippen LogP contribution in [-0.4, -0.2) is 16.7 Å². The predicted octanol–water partition coefficient (Wildman–Crippen LogP) is 5.14. The highest BCUT2D eigenvalue weighted by Crippen LogP contribution is 2.27. The van der Waals surface area contributed by atoms with Gasteiger partial charge in [0.05, 0.1) is 4.90 Å². The second-order valence-electron chi connectivity index (χ2n) is 7.60. The van der Waals surface area contributed by atoms with Gasteiger partial charge in [-0.1, -0.05) is 91.0 Å². The summed E-state index contributed by atoms with van der Waals surface area (Å²) in [5.74, 6) is -0.0999. The van der Waals surface area contributed by atoms with E-state index < -0.39 is 11.0 Å². The number of hydrogen-bond donors (Lipinski definition) is 2. The van der Waals surface area contributed by atoms with Crippen LogP contribution < -0.4 is 10.0 Å². The Hall–Kier alpha value is -3.54. The maximum absolute atomic E-state index is 13.0. The van der Waals surface area contributed by atoms with Gasteiger partial charge < -0.3 is 5.32 Å². The molecule has 0 heterocycles. The van der Waals surface area contributed by atoms with Gasteiger partial charge in [0.2, 0.25) is 0 Å². The minimum absolute atomic E-state index is 0.0999. The SMILES string of the molecule is O=C(NCCc1ccccc1)c1ccccc1-c1ccccc1CNS(=O)c1ccccc1. The van der Waals surface area contributed by atoms with E-state index in [2.05, 4.69) is 22.2 Å². The first kappa shape index (κ1) is 22.6. The molecule has 0 aliphatic carbocycles. The van der Waals surface area contributed by atoms with E-state index >= 15 is 0 Å². The highest BCUT2D eigenvalue weighted by Gasteiger charge is 2.15. The summed E-state index contributed by atoms with van der Waals surface area (Å²) in [7, 11) is -1.31. The van der Waals surface area contributed by atoms with Gasteiger partial charge in [-0.05, 0) is 46.9 Å². The minimum atomic E-state index is -1.31. The molecule has 33 heavy (non-hydrogen) atoms. The molecule has 2 N–H and O–H groups in total. The van der Waals surface area contributed by atoms with Crippen LogP contribution in [0.4, 0.5) is 0 Å². The van der Waals surface area contributed by atoms with Crippen LogP contribution in [0.3, 0.4) is 0 Å². The van der Waals surface area contributed by atoms with Crippen LogP contribution in [-0.2, 0) is 24.0 Å². The van der Waals surface area contributed by atoms with Crippen LogP contribution >= 0.6 is 0 Å². The lowest BCUT2D eigenvalue weighted by molar-refractivity contribution is 0.0955. The van der Waals surface area contributed by atoms with Crippen LogP contribution in [0.1, 0.15) is 21.5 Å². The first-order chi connectivity index (χ1) is 16.2. The normalized spacial score (nSPS) is 11.6. The first-order valence-corrected chi connectivity index (χ1v) is 12.1. The molecule has 0 saturated heterocycles. The summed E-state index contributed by atoms with van der Waals surface area (Å²) in [4.78, 5) is 13.7. The Kier molecular flexibility index (Phi) is 7.80. The third-order valence-electron chi connectivity index (χ3n) is 5.37. The van der Waals surface area contributed by atoms with Crippen molar-refractivity contribution in [1.29, 1.82) is 0 Å². The summed E-state index contributed by atoms with van der Waals surface area (Å²) in [5, 5.41) is 3.05. The Balaban J connectivity index is 1.49. The highest BCUT2D eigenvalue weighted by atomic mass is 32.2. The monoisotopic (exact) mass is 454 g/mol. The molecule has 1 unspecified atom stereocenters. The number of nitrogens with one attached hydrogen (secondary N) is 2. The number of rotatable bonds is 9. The predicted molar refractivity (Wildman–Crippen MR) is 134 cm³/mol. The zero-order valence-corrected chi connectivity index (χ0v) is 19.1. The van der Waals surface area contributed by atoms with E-state index in [1.807, 2.05) is 97.1 Å². The van der Waals surface area contributed by atoms with Crippen LogP contribution in [0.5, 0.6) is 0 Å². The van der Waals surface area contributed by atoms with Gasteiger partial charge in [-0.15, -0.1) is 0 Å². The van der Waals surface area contributed by atoms with Gasteiger partial charge in [0.1, 0.15) is 11.0 Å². The molecule has 4 aromatic rings.